The zero-order chi connectivity index (χ0) is 26.0. The summed E-state index contributed by atoms with van der Waals surface area (Å²) in [4.78, 5) is 44.9. The molecule has 0 aliphatic carbocycles. The van der Waals surface area contributed by atoms with Crippen molar-refractivity contribution >= 4 is 39.9 Å². The lowest BCUT2D eigenvalue weighted by molar-refractivity contribution is -0.132. The molecule has 9 nitrogen and oxygen atoms in total. The fourth-order valence-corrected chi connectivity index (χ4v) is 4.98. The highest BCUT2D eigenvalue weighted by molar-refractivity contribution is 7.17. The van der Waals surface area contributed by atoms with Gasteiger partial charge in [-0.2, -0.15) is 0 Å². The summed E-state index contributed by atoms with van der Waals surface area (Å²) in [5.41, 5.74) is 1.04. The molecule has 186 valence electrons. The molecule has 0 unspecified atom stereocenters. The second kappa shape index (κ2) is 10.2. The van der Waals surface area contributed by atoms with E-state index in [1.54, 1.807) is 62.4 Å². The van der Waals surface area contributed by atoms with Crippen molar-refractivity contribution in [3.8, 4) is 11.5 Å². The number of hydrogen-bond donors (Lipinski definition) is 1. The molecule has 1 aliphatic heterocycles. The largest absolute Gasteiger partial charge is 0.507 e. The molecular formula is C26H24N2O7S. The predicted octanol–water partition coefficient (Wildman–Crippen LogP) is 4.27. The molecule has 2 heterocycles. The summed E-state index contributed by atoms with van der Waals surface area (Å²) >= 11 is 0.943. The normalized spacial score (nSPS) is 16.8. The summed E-state index contributed by atoms with van der Waals surface area (Å²) in [5.74, 6) is -1.71. The molecular weight excluding hydrogens is 484 g/mol. The Balaban J connectivity index is 1.93. The number of aliphatic hydroxyl groups excluding tert-OH is 1. The smallest absolute Gasteiger partial charge is 0.350 e. The first-order valence-electron chi connectivity index (χ1n) is 11.0. The Labute approximate surface area is 211 Å². The number of carbonyl (C=O) groups is 3. The number of anilines is 1. The molecule has 1 saturated heterocycles. The van der Waals surface area contributed by atoms with Gasteiger partial charge >= 0.3 is 11.9 Å². The molecule has 0 saturated carbocycles. The predicted molar refractivity (Wildman–Crippen MR) is 134 cm³/mol. The summed E-state index contributed by atoms with van der Waals surface area (Å²) in [5, 5.41) is 11.4. The van der Waals surface area contributed by atoms with Gasteiger partial charge in [-0.05, 0) is 44.2 Å². The van der Waals surface area contributed by atoms with E-state index in [4.69, 9.17) is 14.2 Å². The van der Waals surface area contributed by atoms with Crippen LogP contribution in [0, 0.1) is 6.92 Å². The maximum atomic E-state index is 13.4. The first-order valence-corrected chi connectivity index (χ1v) is 11.9. The molecule has 1 atom stereocenters. The lowest BCUT2D eigenvalue weighted by Gasteiger charge is -2.24. The van der Waals surface area contributed by atoms with Crippen LogP contribution < -0.4 is 14.4 Å². The second-order valence-corrected chi connectivity index (χ2v) is 8.75. The first kappa shape index (κ1) is 24.9. The van der Waals surface area contributed by atoms with Gasteiger partial charge in [-0.3, -0.25) is 14.5 Å². The van der Waals surface area contributed by atoms with E-state index in [-0.39, 0.29) is 27.9 Å². The molecule has 0 spiro atoms. The molecule has 1 fully saturated rings. The summed E-state index contributed by atoms with van der Waals surface area (Å²) < 4.78 is 15.8. The van der Waals surface area contributed by atoms with Gasteiger partial charge in [0.05, 0.1) is 32.1 Å². The molecule has 3 aromatic rings. The van der Waals surface area contributed by atoms with Crippen molar-refractivity contribution in [2.75, 3.05) is 25.7 Å². The van der Waals surface area contributed by atoms with Crippen molar-refractivity contribution < 1.29 is 33.7 Å². The third-order valence-corrected chi connectivity index (χ3v) is 6.83. The number of carbonyl (C=O) groups excluding carboxylic acids is 3. The van der Waals surface area contributed by atoms with Gasteiger partial charge in [-0.25, -0.2) is 9.78 Å². The fraction of sp³-hybridized carbons (Fsp3) is 0.231. The molecule has 1 aromatic heterocycles. The van der Waals surface area contributed by atoms with Gasteiger partial charge in [0.2, 0.25) is 0 Å². The Hall–Kier alpha value is -4.18. The molecule has 1 amide bonds. The highest BCUT2D eigenvalue weighted by Crippen LogP contribution is 2.46. The molecule has 1 aliphatic rings. The Morgan fingerprint density at radius 2 is 1.78 bits per heavy atom. The minimum Gasteiger partial charge on any atom is -0.507 e. The number of ether oxygens (including phenoxy) is 3. The number of amides is 1. The number of thiazole rings is 1. The van der Waals surface area contributed by atoms with E-state index in [0.717, 1.165) is 11.3 Å². The van der Waals surface area contributed by atoms with Crippen LogP contribution in [-0.2, 0) is 14.3 Å². The molecule has 2 aromatic carbocycles. The van der Waals surface area contributed by atoms with Crippen LogP contribution in [0.1, 0.15) is 39.5 Å². The average molecular weight is 509 g/mol. The lowest BCUT2D eigenvalue weighted by atomic mass is 9.94. The third-order valence-electron chi connectivity index (χ3n) is 5.69. The summed E-state index contributed by atoms with van der Waals surface area (Å²) in [7, 11) is 2.99. The number of aromatic nitrogens is 1. The Morgan fingerprint density at radius 3 is 2.42 bits per heavy atom. The van der Waals surface area contributed by atoms with Crippen LogP contribution in [0.25, 0.3) is 5.76 Å². The van der Waals surface area contributed by atoms with Crippen molar-refractivity contribution in [1.82, 2.24) is 4.98 Å². The van der Waals surface area contributed by atoms with E-state index in [1.807, 2.05) is 0 Å². The molecule has 10 heteroatoms. The quantitative estimate of drug-likeness (QED) is 0.218. The van der Waals surface area contributed by atoms with E-state index in [0.29, 0.717) is 28.3 Å². The van der Waals surface area contributed by atoms with Gasteiger partial charge in [0.15, 0.2) is 5.13 Å². The van der Waals surface area contributed by atoms with Crippen LogP contribution in [0.4, 0.5) is 5.13 Å². The lowest BCUT2D eigenvalue weighted by Crippen LogP contribution is -2.29. The second-order valence-electron chi connectivity index (χ2n) is 7.77. The monoisotopic (exact) mass is 508 g/mol. The van der Waals surface area contributed by atoms with Crippen LogP contribution in [-0.4, -0.2) is 48.6 Å². The van der Waals surface area contributed by atoms with Gasteiger partial charge < -0.3 is 19.3 Å². The summed E-state index contributed by atoms with van der Waals surface area (Å²) in [6.07, 6.45) is 0. The Kier molecular flexibility index (Phi) is 7.07. The fourth-order valence-electron chi connectivity index (χ4n) is 3.99. The van der Waals surface area contributed by atoms with Crippen LogP contribution >= 0.6 is 11.3 Å². The number of hydrogen-bond acceptors (Lipinski definition) is 9. The number of para-hydroxylation sites is 1. The Bertz CT molecular complexity index is 1360. The maximum Gasteiger partial charge on any atom is 0.350 e. The van der Waals surface area contributed by atoms with Gasteiger partial charge in [0.1, 0.15) is 28.2 Å². The van der Waals surface area contributed by atoms with E-state index in [2.05, 4.69) is 4.98 Å². The van der Waals surface area contributed by atoms with Gasteiger partial charge in [0.25, 0.3) is 5.78 Å². The average Bonchev–Trinajstić information content (AvgIpc) is 3.40. The van der Waals surface area contributed by atoms with Crippen molar-refractivity contribution in [2.45, 2.75) is 19.9 Å². The van der Waals surface area contributed by atoms with Crippen molar-refractivity contribution in [1.29, 1.82) is 0 Å². The molecule has 4 rings (SSSR count). The van der Waals surface area contributed by atoms with E-state index < -0.39 is 23.7 Å². The van der Waals surface area contributed by atoms with Gasteiger partial charge in [0, 0.05) is 11.1 Å². The minimum atomic E-state index is -1.05. The SMILES string of the molecule is CCOC(=O)c1sc(N2C(=O)C(=O)/C(=C(/O)c3ccc(OC)cc3)[C@H]2c2ccccc2OC)nc1C. The number of Topliss-reactive ketones (excluding diaryl/α,β-unsaturated/α-hetero) is 1. The van der Waals surface area contributed by atoms with Crippen LogP contribution in [0.5, 0.6) is 11.5 Å². The number of aryl methyl sites for hydroxylation is 1. The van der Waals surface area contributed by atoms with Crippen molar-refractivity contribution in [3.05, 3.63) is 75.8 Å². The topological polar surface area (TPSA) is 115 Å². The maximum absolute atomic E-state index is 13.4. The number of esters is 1. The zero-order valence-electron chi connectivity index (χ0n) is 20.1. The standard InChI is InChI=1S/C26H24N2O7S/c1-5-35-25(32)23-14(2)27-26(36-23)28-20(17-8-6-7-9-18(17)34-4)19(22(30)24(28)31)21(29)15-10-12-16(33-3)13-11-15/h6-13,20,29H,5H2,1-4H3/b21-19+/t20-/m1/s1. The van der Waals surface area contributed by atoms with E-state index in [1.165, 1.54) is 19.1 Å². The van der Waals surface area contributed by atoms with Gasteiger partial charge in [-0.15, -0.1) is 0 Å². The molecule has 1 N–H and O–H groups in total. The summed E-state index contributed by atoms with van der Waals surface area (Å²) in [6.45, 7) is 3.49. The Morgan fingerprint density at radius 1 is 1.08 bits per heavy atom. The van der Waals surface area contributed by atoms with Gasteiger partial charge in [-0.1, -0.05) is 29.5 Å². The number of nitrogens with zero attached hydrogens (tertiary/aromatic N) is 2. The molecule has 36 heavy (non-hydrogen) atoms. The first-order chi connectivity index (χ1) is 17.3. The van der Waals surface area contributed by atoms with E-state index >= 15 is 0 Å². The van der Waals surface area contributed by atoms with Crippen LogP contribution in [0.3, 0.4) is 0 Å². The number of ketones is 1. The minimum absolute atomic E-state index is 0.125. The molecule has 0 bridgehead atoms. The molecule has 0 radical (unpaired) electrons. The van der Waals surface area contributed by atoms with Crippen LogP contribution in [0.2, 0.25) is 0 Å². The summed E-state index contributed by atoms with van der Waals surface area (Å²) in [6, 6.07) is 12.3. The van der Waals surface area contributed by atoms with Crippen molar-refractivity contribution in [2.24, 2.45) is 0 Å². The number of rotatable bonds is 7. The van der Waals surface area contributed by atoms with Crippen LogP contribution in [0.15, 0.2) is 54.1 Å². The van der Waals surface area contributed by atoms with Crippen molar-refractivity contribution in [3.63, 3.8) is 0 Å². The highest BCUT2D eigenvalue weighted by Gasteiger charge is 2.49. The highest BCUT2D eigenvalue weighted by atomic mass is 32.1. The number of benzene rings is 2. The number of methoxy groups -OCH3 is 2. The van der Waals surface area contributed by atoms with E-state index in [9.17, 15) is 19.5 Å². The third kappa shape index (κ3) is 4.31. The number of aliphatic hydroxyl groups is 1. The zero-order valence-corrected chi connectivity index (χ0v) is 20.9.